The van der Waals surface area contributed by atoms with Crippen LogP contribution in [0, 0.1) is 13.8 Å². The number of hydrogen-bond donors (Lipinski definition) is 0. The molecule has 2 aromatic rings. The molecule has 4 nitrogen and oxygen atoms in total. The van der Waals surface area contributed by atoms with Crippen molar-refractivity contribution in [2.45, 2.75) is 30.5 Å². The van der Waals surface area contributed by atoms with Crippen LogP contribution in [-0.2, 0) is 11.3 Å². The monoisotopic (exact) mass is 295 g/mol. The van der Waals surface area contributed by atoms with Gasteiger partial charge in [-0.1, -0.05) is 11.6 Å². The largest absolute Gasteiger partial charge is 0.377 e. The third kappa shape index (κ3) is 4.16. The summed E-state index contributed by atoms with van der Waals surface area (Å²) in [7, 11) is 1.60. The molecule has 0 amide bonds. The maximum atomic E-state index is 5.97. The Morgan fingerprint density at radius 1 is 1.11 bits per heavy atom. The molecule has 2 aromatic heterocycles. The lowest BCUT2D eigenvalue weighted by molar-refractivity contribution is 0.177. The number of aromatic nitrogens is 3. The molecule has 0 bridgehead atoms. The summed E-state index contributed by atoms with van der Waals surface area (Å²) in [4.78, 5) is 12.9. The molecule has 0 radical (unpaired) electrons. The second kappa shape index (κ2) is 6.32. The first kappa shape index (κ1) is 14.2. The lowest BCUT2D eigenvalue weighted by atomic mass is 10.3. The fourth-order valence-electron chi connectivity index (χ4n) is 1.65. The minimum atomic E-state index is 0.342. The number of nitrogens with zero attached hydrogens (tertiary/aromatic N) is 3. The average molecular weight is 296 g/mol. The van der Waals surface area contributed by atoms with Crippen molar-refractivity contribution < 1.29 is 4.74 Å². The van der Waals surface area contributed by atoms with E-state index in [4.69, 9.17) is 16.3 Å². The molecule has 0 N–H and O–H groups in total. The Labute approximate surface area is 121 Å². The van der Waals surface area contributed by atoms with Crippen molar-refractivity contribution in [3.8, 4) is 0 Å². The summed E-state index contributed by atoms with van der Waals surface area (Å²) < 4.78 is 5.02. The highest BCUT2D eigenvalue weighted by Crippen LogP contribution is 2.27. The highest BCUT2D eigenvalue weighted by molar-refractivity contribution is 7.99. The first-order chi connectivity index (χ1) is 9.06. The molecule has 0 aliphatic rings. The van der Waals surface area contributed by atoms with Crippen LogP contribution in [-0.4, -0.2) is 22.1 Å². The Bertz CT molecular complexity index is 572. The molecule has 0 aromatic carbocycles. The summed E-state index contributed by atoms with van der Waals surface area (Å²) in [5.74, 6) is 0.571. The lowest BCUT2D eigenvalue weighted by Gasteiger charge is -2.05. The normalized spacial score (nSPS) is 10.7. The Balaban J connectivity index is 2.27. The number of aryl methyl sites for hydroxylation is 2. The van der Waals surface area contributed by atoms with Crippen LogP contribution in [0.1, 0.15) is 17.1 Å². The van der Waals surface area contributed by atoms with Gasteiger partial charge >= 0.3 is 0 Å². The Morgan fingerprint density at radius 3 is 2.53 bits per heavy atom. The van der Waals surface area contributed by atoms with Crippen molar-refractivity contribution in [2.24, 2.45) is 0 Å². The molecule has 0 spiro atoms. The van der Waals surface area contributed by atoms with E-state index in [0.717, 1.165) is 15.7 Å². The van der Waals surface area contributed by atoms with Crippen LogP contribution >= 0.6 is 23.4 Å². The number of methoxy groups -OCH3 is 1. The van der Waals surface area contributed by atoms with Gasteiger partial charge in [0.1, 0.15) is 21.8 Å². The van der Waals surface area contributed by atoms with Crippen molar-refractivity contribution in [3.63, 3.8) is 0 Å². The van der Waals surface area contributed by atoms with Crippen LogP contribution in [0.25, 0.3) is 0 Å². The van der Waals surface area contributed by atoms with Gasteiger partial charge in [0, 0.05) is 18.9 Å². The fourth-order valence-corrected chi connectivity index (χ4v) is 2.89. The van der Waals surface area contributed by atoms with Crippen molar-refractivity contribution in [1.29, 1.82) is 0 Å². The first-order valence-corrected chi connectivity index (χ1v) is 6.92. The molecular formula is C13H14ClN3OS. The zero-order valence-corrected chi connectivity index (χ0v) is 12.5. The molecule has 2 heterocycles. The lowest BCUT2D eigenvalue weighted by Crippen LogP contribution is -1.98. The second-order valence-electron chi connectivity index (χ2n) is 4.10. The molecule has 0 saturated carbocycles. The van der Waals surface area contributed by atoms with Gasteiger partial charge in [-0.2, -0.15) is 0 Å². The van der Waals surface area contributed by atoms with Crippen LogP contribution in [0.15, 0.2) is 28.3 Å². The van der Waals surface area contributed by atoms with Gasteiger partial charge < -0.3 is 4.74 Å². The number of rotatable bonds is 4. The molecule has 0 atom stereocenters. The molecule has 0 fully saturated rings. The smallest absolute Gasteiger partial charge is 0.156 e. The van der Waals surface area contributed by atoms with E-state index >= 15 is 0 Å². The fraction of sp³-hybridized carbons (Fsp3) is 0.308. The van der Waals surface area contributed by atoms with Crippen molar-refractivity contribution >= 4 is 23.4 Å². The topological polar surface area (TPSA) is 47.9 Å². The van der Waals surface area contributed by atoms with Gasteiger partial charge in [0.15, 0.2) is 5.82 Å². The number of hydrogen-bond acceptors (Lipinski definition) is 5. The van der Waals surface area contributed by atoms with E-state index in [-0.39, 0.29) is 0 Å². The highest BCUT2D eigenvalue weighted by Gasteiger charge is 2.07. The predicted octanol–water partition coefficient (Wildman–Crippen LogP) is 3.44. The van der Waals surface area contributed by atoms with Crippen molar-refractivity contribution in [1.82, 2.24) is 15.0 Å². The van der Waals surface area contributed by atoms with Crippen molar-refractivity contribution in [2.75, 3.05) is 7.11 Å². The van der Waals surface area contributed by atoms with E-state index in [0.29, 0.717) is 17.6 Å². The third-order valence-corrected chi connectivity index (χ3v) is 3.30. The molecule has 0 unspecified atom stereocenters. The van der Waals surface area contributed by atoms with Gasteiger partial charge in [0.05, 0.1) is 0 Å². The van der Waals surface area contributed by atoms with Crippen molar-refractivity contribution in [3.05, 3.63) is 40.4 Å². The number of ether oxygens (including phenoxy) is 1. The molecule has 6 heteroatoms. The van der Waals surface area contributed by atoms with Crippen LogP contribution < -0.4 is 0 Å². The van der Waals surface area contributed by atoms with Crippen LogP contribution in [0.4, 0.5) is 0 Å². The third-order valence-electron chi connectivity index (χ3n) is 2.27. The average Bonchev–Trinajstić information content (AvgIpc) is 2.26. The minimum Gasteiger partial charge on any atom is -0.377 e. The summed E-state index contributed by atoms with van der Waals surface area (Å²) in [6, 6.07) is 5.78. The van der Waals surface area contributed by atoms with E-state index in [1.54, 1.807) is 13.2 Å². The number of halogens is 1. The van der Waals surface area contributed by atoms with E-state index in [1.807, 2.05) is 26.0 Å². The Hall–Kier alpha value is -1.17. The number of pyridine rings is 1. The minimum absolute atomic E-state index is 0.342. The quantitative estimate of drug-likeness (QED) is 0.809. The summed E-state index contributed by atoms with van der Waals surface area (Å²) >= 11 is 7.44. The SMILES string of the molecule is COCc1nc(Cl)cc(Sc2cc(C)cc(C)n2)n1. The molecule has 100 valence electrons. The maximum absolute atomic E-state index is 5.97. The van der Waals surface area contributed by atoms with Gasteiger partial charge in [-0.3, -0.25) is 0 Å². The second-order valence-corrected chi connectivity index (χ2v) is 5.53. The predicted molar refractivity (Wildman–Crippen MR) is 75.6 cm³/mol. The standard InChI is InChI=1S/C13H14ClN3OS/c1-8-4-9(2)15-12(5-8)19-13-6-10(14)16-11(17-13)7-18-3/h4-6H,7H2,1-3H3. The molecule has 0 saturated heterocycles. The Morgan fingerprint density at radius 2 is 1.84 bits per heavy atom. The Kier molecular flexibility index (Phi) is 4.74. The highest BCUT2D eigenvalue weighted by atomic mass is 35.5. The van der Waals surface area contributed by atoms with Gasteiger partial charge in [0.25, 0.3) is 0 Å². The van der Waals surface area contributed by atoms with Crippen LogP contribution in [0.5, 0.6) is 0 Å². The van der Waals surface area contributed by atoms with Crippen LogP contribution in [0.3, 0.4) is 0 Å². The van der Waals surface area contributed by atoms with E-state index in [1.165, 1.54) is 17.3 Å². The van der Waals surface area contributed by atoms with Crippen LogP contribution in [0.2, 0.25) is 5.15 Å². The molecule has 0 aliphatic carbocycles. The zero-order chi connectivity index (χ0) is 13.8. The summed E-state index contributed by atoms with van der Waals surface area (Å²) in [6.45, 7) is 4.36. The molecule has 0 aliphatic heterocycles. The van der Waals surface area contributed by atoms with E-state index in [2.05, 4.69) is 15.0 Å². The zero-order valence-electron chi connectivity index (χ0n) is 11.0. The van der Waals surface area contributed by atoms with Gasteiger partial charge in [-0.15, -0.1) is 0 Å². The summed E-state index contributed by atoms with van der Waals surface area (Å²) in [6.07, 6.45) is 0. The molecule has 19 heavy (non-hydrogen) atoms. The maximum Gasteiger partial charge on any atom is 0.156 e. The summed E-state index contributed by atoms with van der Waals surface area (Å²) in [5.41, 5.74) is 2.16. The molecular weight excluding hydrogens is 282 g/mol. The van der Waals surface area contributed by atoms with Gasteiger partial charge in [-0.25, -0.2) is 15.0 Å². The molecule has 2 rings (SSSR count). The summed E-state index contributed by atoms with van der Waals surface area (Å²) in [5, 5.41) is 2.08. The van der Waals surface area contributed by atoms with Gasteiger partial charge in [0.2, 0.25) is 0 Å². The van der Waals surface area contributed by atoms with Gasteiger partial charge in [-0.05, 0) is 43.3 Å². The van der Waals surface area contributed by atoms with E-state index in [9.17, 15) is 0 Å². The van der Waals surface area contributed by atoms with E-state index < -0.39 is 0 Å². The first-order valence-electron chi connectivity index (χ1n) is 5.72.